The molecule has 0 rings (SSSR count). The average molecular weight is 247 g/mol. The predicted molar refractivity (Wildman–Crippen MR) is 70.8 cm³/mol. The summed E-state index contributed by atoms with van der Waals surface area (Å²) in [5, 5.41) is 11.7. The summed E-state index contributed by atoms with van der Waals surface area (Å²) in [5.41, 5.74) is 0. The van der Waals surface area contributed by atoms with E-state index in [-0.39, 0.29) is 23.8 Å². The highest BCUT2D eigenvalue weighted by Crippen LogP contribution is 2.13. The molecule has 2 N–H and O–H groups in total. The molecule has 0 aliphatic heterocycles. The van der Waals surface area contributed by atoms with Gasteiger partial charge in [0.1, 0.15) is 0 Å². The van der Waals surface area contributed by atoms with Gasteiger partial charge in [-0.2, -0.15) is 0 Å². The zero-order chi connectivity index (χ0) is 12.4. The van der Waals surface area contributed by atoms with Crippen molar-refractivity contribution in [3.05, 3.63) is 0 Å². The Labute approximate surface area is 103 Å². The summed E-state index contributed by atoms with van der Waals surface area (Å²) in [5.74, 6) is 1.17. The van der Waals surface area contributed by atoms with Crippen LogP contribution in [0.5, 0.6) is 0 Å². The van der Waals surface area contributed by atoms with E-state index in [9.17, 15) is 4.79 Å². The molecule has 0 fully saturated rings. The molecule has 0 spiro atoms. The summed E-state index contributed by atoms with van der Waals surface area (Å²) >= 11 is 1.71. The Morgan fingerprint density at radius 2 is 2.06 bits per heavy atom. The Balaban J connectivity index is 3.68. The van der Waals surface area contributed by atoms with Gasteiger partial charge in [0.2, 0.25) is 5.91 Å². The number of unbranched alkanes of at least 4 members (excludes halogenated alkanes) is 1. The normalized spacial score (nSPS) is 14.5. The molecule has 0 aliphatic rings. The Morgan fingerprint density at radius 3 is 2.62 bits per heavy atom. The summed E-state index contributed by atoms with van der Waals surface area (Å²) in [6, 6.07) is 0.161. The van der Waals surface area contributed by atoms with E-state index in [1.54, 1.807) is 11.8 Å². The van der Waals surface area contributed by atoms with Crippen molar-refractivity contribution in [2.45, 2.75) is 57.7 Å². The van der Waals surface area contributed by atoms with Gasteiger partial charge in [0, 0.05) is 12.6 Å². The third-order valence-electron chi connectivity index (χ3n) is 2.42. The van der Waals surface area contributed by atoms with E-state index in [0.29, 0.717) is 0 Å². The molecule has 0 aliphatic carbocycles. The number of thioether (sulfide) groups is 1. The van der Waals surface area contributed by atoms with Gasteiger partial charge in [0.05, 0.1) is 5.25 Å². The van der Waals surface area contributed by atoms with Crippen LogP contribution >= 0.6 is 11.8 Å². The monoisotopic (exact) mass is 247 g/mol. The number of amides is 1. The first-order chi connectivity index (χ1) is 7.61. The van der Waals surface area contributed by atoms with Crippen LogP contribution in [-0.2, 0) is 4.79 Å². The molecule has 0 saturated heterocycles. The average Bonchev–Trinajstić information content (AvgIpc) is 2.26. The summed E-state index contributed by atoms with van der Waals surface area (Å²) < 4.78 is 0. The molecule has 2 unspecified atom stereocenters. The maximum absolute atomic E-state index is 11.7. The molecule has 0 bridgehead atoms. The minimum atomic E-state index is 0.0307. The van der Waals surface area contributed by atoms with Crippen LogP contribution in [0.2, 0.25) is 0 Å². The molecule has 0 aromatic carbocycles. The summed E-state index contributed by atoms with van der Waals surface area (Å²) in [6.07, 6.45) is 3.93. The zero-order valence-corrected chi connectivity index (χ0v) is 11.5. The highest BCUT2D eigenvalue weighted by Gasteiger charge is 2.14. The molecule has 4 heteroatoms. The van der Waals surface area contributed by atoms with Crippen LogP contribution in [0.1, 0.15) is 46.5 Å². The number of carbonyl (C=O) groups excluding carboxylic acids is 1. The molecule has 0 aromatic rings. The molecule has 0 radical (unpaired) electrons. The van der Waals surface area contributed by atoms with Crippen molar-refractivity contribution in [2.24, 2.45) is 0 Å². The number of nitrogens with one attached hydrogen (secondary N) is 1. The van der Waals surface area contributed by atoms with Crippen molar-refractivity contribution in [1.82, 2.24) is 5.32 Å². The van der Waals surface area contributed by atoms with Gasteiger partial charge in [-0.3, -0.25) is 4.79 Å². The van der Waals surface area contributed by atoms with Gasteiger partial charge in [0.15, 0.2) is 0 Å². The zero-order valence-electron chi connectivity index (χ0n) is 10.7. The SMILES string of the molecule is CCCCSC(C)C(=O)NC(C)CCCO. The number of hydrogen-bond acceptors (Lipinski definition) is 3. The lowest BCUT2D eigenvalue weighted by atomic mass is 10.2. The van der Waals surface area contributed by atoms with Crippen LogP contribution in [-0.4, -0.2) is 34.7 Å². The number of aliphatic hydroxyl groups is 1. The van der Waals surface area contributed by atoms with Gasteiger partial charge < -0.3 is 10.4 Å². The van der Waals surface area contributed by atoms with Crippen LogP contribution in [0, 0.1) is 0 Å². The van der Waals surface area contributed by atoms with E-state index in [2.05, 4.69) is 12.2 Å². The van der Waals surface area contributed by atoms with Gasteiger partial charge in [-0.05, 0) is 38.9 Å². The third-order valence-corrected chi connectivity index (χ3v) is 3.66. The molecule has 3 nitrogen and oxygen atoms in total. The van der Waals surface area contributed by atoms with E-state index in [1.165, 1.54) is 12.8 Å². The first-order valence-corrected chi connectivity index (χ1v) is 7.19. The van der Waals surface area contributed by atoms with Crippen LogP contribution in [0.4, 0.5) is 0 Å². The molecular weight excluding hydrogens is 222 g/mol. The number of aliphatic hydroxyl groups excluding tert-OH is 1. The fourth-order valence-electron chi connectivity index (χ4n) is 1.31. The van der Waals surface area contributed by atoms with Crippen LogP contribution < -0.4 is 5.32 Å². The quantitative estimate of drug-likeness (QED) is 0.614. The lowest BCUT2D eigenvalue weighted by Gasteiger charge is -2.16. The minimum absolute atomic E-state index is 0.0307. The third kappa shape index (κ3) is 7.99. The Kier molecular flexibility index (Phi) is 9.83. The van der Waals surface area contributed by atoms with Crippen molar-refractivity contribution >= 4 is 17.7 Å². The molecule has 0 aromatic heterocycles. The van der Waals surface area contributed by atoms with Gasteiger partial charge in [-0.25, -0.2) is 0 Å². The van der Waals surface area contributed by atoms with Crippen molar-refractivity contribution in [1.29, 1.82) is 0 Å². The minimum Gasteiger partial charge on any atom is -0.396 e. The standard InChI is InChI=1S/C12H25NO2S/c1-4-5-9-16-11(3)12(15)13-10(2)7-6-8-14/h10-11,14H,4-9H2,1-3H3,(H,13,15). The number of hydrogen-bond donors (Lipinski definition) is 2. The molecule has 96 valence electrons. The van der Waals surface area contributed by atoms with Crippen LogP contribution in [0.15, 0.2) is 0 Å². The Morgan fingerprint density at radius 1 is 1.38 bits per heavy atom. The van der Waals surface area contributed by atoms with Crippen molar-refractivity contribution < 1.29 is 9.90 Å². The first-order valence-electron chi connectivity index (χ1n) is 6.14. The van der Waals surface area contributed by atoms with E-state index in [1.807, 2.05) is 13.8 Å². The van der Waals surface area contributed by atoms with Gasteiger partial charge >= 0.3 is 0 Å². The molecule has 1 amide bonds. The number of carbonyl (C=O) groups is 1. The smallest absolute Gasteiger partial charge is 0.233 e. The number of rotatable bonds is 9. The van der Waals surface area contributed by atoms with Crippen LogP contribution in [0.3, 0.4) is 0 Å². The van der Waals surface area contributed by atoms with E-state index >= 15 is 0 Å². The van der Waals surface area contributed by atoms with Gasteiger partial charge in [0.25, 0.3) is 0 Å². The summed E-state index contributed by atoms with van der Waals surface area (Å²) in [6.45, 7) is 6.29. The second kappa shape index (κ2) is 9.97. The van der Waals surface area contributed by atoms with Crippen LogP contribution in [0.25, 0.3) is 0 Å². The fourth-order valence-corrected chi connectivity index (χ4v) is 2.34. The molecule has 16 heavy (non-hydrogen) atoms. The highest BCUT2D eigenvalue weighted by atomic mass is 32.2. The molecule has 2 atom stereocenters. The molecular formula is C12H25NO2S. The topological polar surface area (TPSA) is 49.3 Å². The van der Waals surface area contributed by atoms with E-state index in [4.69, 9.17) is 5.11 Å². The second-order valence-corrected chi connectivity index (χ2v) is 5.59. The van der Waals surface area contributed by atoms with Crippen molar-refractivity contribution in [3.8, 4) is 0 Å². The van der Waals surface area contributed by atoms with Crippen molar-refractivity contribution in [2.75, 3.05) is 12.4 Å². The molecule has 0 heterocycles. The second-order valence-electron chi connectivity index (χ2n) is 4.14. The van der Waals surface area contributed by atoms with Crippen molar-refractivity contribution in [3.63, 3.8) is 0 Å². The highest BCUT2D eigenvalue weighted by molar-refractivity contribution is 8.00. The summed E-state index contributed by atoms with van der Waals surface area (Å²) in [7, 11) is 0. The predicted octanol–water partition coefficient (Wildman–Crippen LogP) is 2.19. The van der Waals surface area contributed by atoms with Gasteiger partial charge in [-0.15, -0.1) is 11.8 Å². The van der Waals surface area contributed by atoms with E-state index < -0.39 is 0 Å². The largest absolute Gasteiger partial charge is 0.396 e. The maximum atomic E-state index is 11.7. The van der Waals surface area contributed by atoms with E-state index in [0.717, 1.165) is 18.6 Å². The van der Waals surface area contributed by atoms with Gasteiger partial charge in [-0.1, -0.05) is 13.3 Å². The fraction of sp³-hybridized carbons (Fsp3) is 0.917. The maximum Gasteiger partial charge on any atom is 0.233 e. The lowest BCUT2D eigenvalue weighted by molar-refractivity contribution is -0.120. The Hall–Kier alpha value is -0.220. The first kappa shape index (κ1) is 15.8. The Bertz CT molecular complexity index is 188. The lowest BCUT2D eigenvalue weighted by Crippen LogP contribution is -2.37. The summed E-state index contributed by atoms with van der Waals surface area (Å²) in [4.78, 5) is 11.7. The molecule has 0 saturated carbocycles.